The van der Waals surface area contributed by atoms with Crippen LogP contribution in [-0.2, 0) is 15.7 Å². The lowest BCUT2D eigenvalue weighted by Gasteiger charge is -2.37. The van der Waals surface area contributed by atoms with Gasteiger partial charge in [-0.2, -0.15) is 5.10 Å². The lowest BCUT2D eigenvalue weighted by Crippen LogP contribution is -2.56. The van der Waals surface area contributed by atoms with Crippen molar-refractivity contribution in [1.82, 2.24) is 20.4 Å². The Kier molecular flexibility index (Phi) is 6.42. The number of carbonyl (C=O) groups excluding carboxylic acids is 1. The Bertz CT molecular complexity index is 727. The van der Waals surface area contributed by atoms with E-state index in [0.717, 1.165) is 18.7 Å². The SMILES string of the molecule is CC(C)(CNC(=O)C1(n2cccn2)CCNCC1)c1cccc(F)c1.Cl. The Morgan fingerprint density at radius 3 is 2.69 bits per heavy atom. The van der Waals surface area contributed by atoms with E-state index in [-0.39, 0.29) is 29.5 Å². The van der Waals surface area contributed by atoms with Crippen LogP contribution < -0.4 is 10.6 Å². The molecule has 7 heteroatoms. The van der Waals surface area contributed by atoms with Crippen LogP contribution >= 0.6 is 12.4 Å². The number of benzene rings is 1. The number of rotatable bonds is 5. The Labute approximate surface area is 159 Å². The van der Waals surface area contributed by atoms with Gasteiger partial charge in [-0.05, 0) is 49.7 Å². The molecule has 0 spiro atoms. The molecule has 1 fully saturated rings. The summed E-state index contributed by atoms with van der Waals surface area (Å²) in [5, 5.41) is 10.7. The summed E-state index contributed by atoms with van der Waals surface area (Å²) >= 11 is 0. The van der Waals surface area contributed by atoms with Gasteiger partial charge in [0.1, 0.15) is 11.4 Å². The van der Waals surface area contributed by atoms with Gasteiger partial charge < -0.3 is 10.6 Å². The minimum absolute atomic E-state index is 0. The van der Waals surface area contributed by atoms with E-state index in [1.54, 1.807) is 16.9 Å². The fourth-order valence-electron chi connectivity index (χ4n) is 3.40. The first-order chi connectivity index (χ1) is 11.9. The van der Waals surface area contributed by atoms with Crippen LogP contribution in [0, 0.1) is 5.82 Å². The summed E-state index contributed by atoms with van der Waals surface area (Å²) in [5.41, 5.74) is -0.158. The molecule has 3 rings (SSSR count). The molecule has 1 aliphatic rings. The molecule has 26 heavy (non-hydrogen) atoms. The molecule has 0 radical (unpaired) electrons. The molecule has 0 bridgehead atoms. The van der Waals surface area contributed by atoms with Crippen molar-refractivity contribution in [3.8, 4) is 0 Å². The smallest absolute Gasteiger partial charge is 0.248 e. The second-order valence-electron chi connectivity index (χ2n) is 7.31. The highest BCUT2D eigenvalue weighted by molar-refractivity contribution is 5.85. The van der Waals surface area contributed by atoms with Gasteiger partial charge in [-0.15, -0.1) is 12.4 Å². The number of carbonyl (C=O) groups is 1. The third kappa shape index (κ3) is 4.07. The third-order valence-electron chi connectivity index (χ3n) is 5.09. The average Bonchev–Trinajstić information content (AvgIpc) is 3.15. The highest BCUT2D eigenvalue weighted by atomic mass is 35.5. The van der Waals surface area contributed by atoms with Crippen molar-refractivity contribution < 1.29 is 9.18 Å². The second-order valence-corrected chi connectivity index (χ2v) is 7.31. The van der Waals surface area contributed by atoms with Gasteiger partial charge >= 0.3 is 0 Å². The number of nitrogens with one attached hydrogen (secondary N) is 2. The third-order valence-corrected chi connectivity index (χ3v) is 5.09. The summed E-state index contributed by atoms with van der Waals surface area (Å²) in [7, 11) is 0. The molecule has 2 heterocycles. The van der Waals surface area contributed by atoms with E-state index in [2.05, 4.69) is 15.7 Å². The van der Waals surface area contributed by atoms with Gasteiger partial charge in [0, 0.05) is 24.4 Å². The number of hydrogen-bond donors (Lipinski definition) is 2. The Morgan fingerprint density at radius 2 is 2.08 bits per heavy atom. The van der Waals surface area contributed by atoms with E-state index in [1.165, 1.54) is 12.1 Å². The van der Waals surface area contributed by atoms with Crippen LogP contribution in [0.25, 0.3) is 0 Å². The van der Waals surface area contributed by atoms with Crippen molar-refractivity contribution in [3.05, 3.63) is 54.1 Å². The largest absolute Gasteiger partial charge is 0.353 e. The van der Waals surface area contributed by atoms with E-state index in [0.29, 0.717) is 19.4 Å². The summed E-state index contributed by atoms with van der Waals surface area (Å²) < 4.78 is 15.3. The summed E-state index contributed by atoms with van der Waals surface area (Å²) in [6, 6.07) is 8.39. The zero-order valence-corrected chi connectivity index (χ0v) is 16.0. The molecular formula is C19H26ClFN4O. The Morgan fingerprint density at radius 1 is 1.35 bits per heavy atom. The first-order valence-electron chi connectivity index (χ1n) is 8.69. The van der Waals surface area contributed by atoms with Crippen LogP contribution in [-0.4, -0.2) is 35.3 Å². The average molecular weight is 381 g/mol. The number of halogens is 2. The van der Waals surface area contributed by atoms with Crippen LogP contribution in [0.4, 0.5) is 4.39 Å². The van der Waals surface area contributed by atoms with Gasteiger partial charge in [0.2, 0.25) is 5.91 Å². The van der Waals surface area contributed by atoms with Crippen molar-refractivity contribution in [1.29, 1.82) is 0 Å². The van der Waals surface area contributed by atoms with Crippen molar-refractivity contribution >= 4 is 18.3 Å². The second kappa shape index (κ2) is 8.18. The Balaban J connectivity index is 0.00000243. The lowest BCUT2D eigenvalue weighted by molar-refractivity contribution is -0.132. The van der Waals surface area contributed by atoms with E-state index >= 15 is 0 Å². The lowest BCUT2D eigenvalue weighted by atomic mass is 9.83. The molecule has 1 saturated heterocycles. The standard InChI is InChI=1S/C19H25FN4O.ClH/c1-18(2,15-5-3-6-16(20)13-15)14-22-17(25)19(7-10-21-11-8-19)24-12-4-9-23-24;/h3-6,9,12-13,21H,7-8,10-11,14H2,1-2H3,(H,22,25);1H. The van der Waals surface area contributed by atoms with Crippen molar-refractivity contribution in [2.24, 2.45) is 0 Å². The van der Waals surface area contributed by atoms with E-state index in [4.69, 9.17) is 0 Å². The molecule has 142 valence electrons. The van der Waals surface area contributed by atoms with Gasteiger partial charge in [-0.3, -0.25) is 9.48 Å². The first kappa shape index (κ1) is 20.4. The fraction of sp³-hybridized carbons (Fsp3) is 0.474. The molecule has 2 N–H and O–H groups in total. The number of piperidine rings is 1. The molecule has 2 aromatic rings. The highest BCUT2D eigenvalue weighted by Gasteiger charge is 2.42. The normalized spacial score (nSPS) is 16.6. The highest BCUT2D eigenvalue weighted by Crippen LogP contribution is 2.28. The molecule has 0 aliphatic carbocycles. The van der Waals surface area contributed by atoms with Gasteiger partial charge in [0.25, 0.3) is 0 Å². The van der Waals surface area contributed by atoms with E-state index in [1.807, 2.05) is 32.2 Å². The van der Waals surface area contributed by atoms with Crippen LogP contribution in [0.3, 0.4) is 0 Å². The molecule has 1 amide bonds. The predicted molar refractivity (Wildman–Crippen MR) is 102 cm³/mol. The number of amides is 1. The van der Waals surface area contributed by atoms with Crippen LogP contribution in [0.5, 0.6) is 0 Å². The van der Waals surface area contributed by atoms with E-state index < -0.39 is 5.54 Å². The topological polar surface area (TPSA) is 59.0 Å². The van der Waals surface area contributed by atoms with Crippen molar-refractivity contribution in [2.45, 2.75) is 37.6 Å². The molecule has 1 aromatic heterocycles. The van der Waals surface area contributed by atoms with Gasteiger partial charge in [0.15, 0.2) is 0 Å². The monoisotopic (exact) mass is 380 g/mol. The molecule has 0 saturated carbocycles. The molecule has 1 aromatic carbocycles. The van der Waals surface area contributed by atoms with Crippen molar-refractivity contribution in [2.75, 3.05) is 19.6 Å². The molecule has 1 aliphatic heterocycles. The summed E-state index contributed by atoms with van der Waals surface area (Å²) in [5.74, 6) is -0.287. The number of aromatic nitrogens is 2. The summed E-state index contributed by atoms with van der Waals surface area (Å²) in [4.78, 5) is 13.1. The maximum Gasteiger partial charge on any atom is 0.248 e. The van der Waals surface area contributed by atoms with Crippen LogP contribution in [0.2, 0.25) is 0 Å². The molecular weight excluding hydrogens is 355 g/mol. The maximum atomic E-state index is 13.5. The van der Waals surface area contributed by atoms with Gasteiger partial charge in [-0.1, -0.05) is 26.0 Å². The Hall–Kier alpha value is -1.92. The minimum Gasteiger partial charge on any atom is -0.353 e. The van der Waals surface area contributed by atoms with Crippen LogP contribution in [0.1, 0.15) is 32.3 Å². The first-order valence-corrected chi connectivity index (χ1v) is 8.69. The molecule has 0 atom stereocenters. The molecule has 0 unspecified atom stereocenters. The predicted octanol–water partition coefficient (Wildman–Crippen LogP) is 2.62. The summed E-state index contributed by atoms with van der Waals surface area (Å²) in [6.07, 6.45) is 4.94. The molecule has 5 nitrogen and oxygen atoms in total. The fourth-order valence-corrected chi connectivity index (χ4v) is 3.40. The van der Waals surface area contributed by atoms with Gasteiger partial charge in [-0.25, -0.2) is 4.39 Å². The maximum absolute atomic E-state index is 13.5. The van der Waals surface area contributed by atoms with Crippen molar-refractivity contribution in [3.63, 3.8) is 0 Å². The number of hydrogen-bond acceptors (Lipinski definition) is 3. The zero-order valence-electron chi connectivity index (χ0n) is 15.2. The van der Waals surface area contributed by atoms with Crippen LogP contribution in [0.15, 0.2) is 42.7 Å². The number of nitrogens with zero attached hydrogens (tertiary/aromatic N) is 2. The van der Waals surface area contributed by atoms with E-state index in [9.17, 15) is 9.18 Å². The van der Waals surface area contributed by atoms with Gasteiger partial charge in [0.05, 0.1) is 0 Å². The zero-order chi connectivity index (χ0) is 17.9. The summed E-state index contributed by atoms with van der Waals surface area (Å²) in [6.45, 7) is 6.00. The quantitative estimate of drug-likeness (QED) is 0.838. The minimum atomic E-state index is -0.660.